The van der Waals surface area contributed by atoms with Crippen LogP contribution in [0.25, 0.3) is 6.08 Å². The zero-order valence-corrected chi connectivity index (χ0v) is 11.5. The fourth-order valence-corrected chi connectivity index (χ4v) is 3.11. The third-order valence-electron chi connectivity index (χ3n) is 3.07. The Hall–Kier alpha value is -1.81. The van der Waals surface area contributed by atoms with E-state index in [9.17, 15) is 4.79 Å². The number of rotatable bonds is 3. The lowest BCUT2D eigenvalue weighted by Gasteiger charge is -2.02. The highest BCUT2D eigenvalue weighted by molar-refractivity contribution is 7.99. The molecule has 0 saturated heterocycles. The third-order valence-corrected chi connectivity index (χ3v) is 4.06. The molecule has 0 fully saturated rings. The molecule has 96 valence electrons. The van der Waals surface area contributed by atoms with Crippen molar-refractivity contribution in [3.05, 3.63) is 63.1 Å². The zero-order chi connectivity index (χ0) is 13.2. The van der Waals surface area contributed by atoms with Crippen LogP contribution in [0.3, 0.4) is 0 Å². The summed E-state index contributed by atoms with van der Waals surface area (Å²) in [5.41, 5.74) is 4.73. The summed E-state index contributed by atoms with van der Waals surface area (Å²) < 4.78 is 0. The molecule has 0 amide bonds. The molecule has 1 aliphatic rings. The van der Waals surface area contributed by atoms with Gasteiger partial charge < -0.3 is 4.98 Å². The minimum Gasteiger partial charge on any atom is -0.301 e. The molecule has 19 heavy (non-hydrogen) atoms. The lowest BCUT2D eigenvalue weighted by atomic mass is 10.1. The Morgan fingerprint density at radius 1 is 1.37 bits per heavy atom. The molecular formula is C15H14N2OS. The molecule has 1 aliphatic carbocycles. The van der Waals surface area contributed by atoms with Crippen molar-refractivity contribution in [3.8, 4) is 0 Å². The molecule has 3 nitrogen and oxygen atoms in total. The van der Waals surface area contributed by atoms with Gasteiger partial charge in [-0.1, -0.05) is 47.7 Å². The van der Waals surface area contributed by atoms with Crippen LogP contribution in [-0.4, -0.2) is 15.7 Å². The second-order valence-electron chi connectivity index (χ2n) is 4.66. The number of aromatic amines is 1. The number of aromatic nitrogens is 2. The topological polar surface area (TPSA) is 45.8 Å². The smallest absolute Gasteiger partial charge is 0.251 e. The van der Waals surface area contributed by atoms with E-state index < -0.39 is 0 Å². The van der Waals surface area contributed by atoms with E-state index in [2.05, 4.69) is 40.3 Å². The van der Waals surface area contributed by atoms with E-state index in [1.165, 1.54) is 22.8 Å². The van der Waals surface area contributed by atoms with E-state index in [0.717, 1.165) is 17.9 Å². The van der Waals surface area contributed by atoms with Crippen LogP contribution >= 0.6 is 11.8 Å². The molecule has 0 bridgehead atoms. The number of fused-ring (bicyclic) bond motifs is 1. The molecule has 4 heteroatoms. The van der Waals surface area contributed by atoms with E-state index in [0.29, 0.717) is 5.16 Å². The highest BCUT2D eigenvalue weighted by Crippen LogP contribution is 2.28. The van der Waals surface area contributed by atoms with Crippen molar-refractivity contribution in [1.29, 1.82) is 0 Å². The van der Waals surface area contributed by atoms with Gasteiger partial charge in [0.2, 0.25) is 0 Å². The second-order valence-corrected chi connectivity index (χ2v) is 5.62. The van der Waals surface area contributed by atoms with Crippen LogP contribution in [0.1, 0.15) is 16.8 Å². The molecule has 1 aromatic carbocycles. The maximum atomic E-state index is 11.4. The Morgan fingerprint density at radius 2 is 2.21 bits per heavy atom. The van der Waals surface area contributed by atoms with Gasteiger partial charge in [-0.2, -0.15) is 0 Å². The van der Waals surface area contributed by atoms with E-state index in [1.54, 1.807) is 11.8 Å². The average Bonchev–Trinajstić information content (AvgIpc) is 2.78. The quantitative estimate of drug-likeness (QED) is 0.689. The predicted molar refractivity (Wildman–Crippen MR) is 78.4 cm³/mol. The van der Waals surface area contributed by atoms with Crippen molar-refractivity contribution in [3.63, 3.8) is 0 Å². The van der Waals surface area contributed by atoms with Gasteiger partial charge in [-0.05, 0) is 24.5 Å². The first kappa shape index (κ1) is 12.2. The molecule has 1 N–H and O–H groups in total. The van der Waals surface area contributed by atoms with Gasteiger partial charge in [0, 0.05) is 17.5 Å². The third kappa shape index (κ3) is 2.79. The van der Waals surface area contributed by atoms with Gasteiger partial charge in [0.15, 0.2) is 5.16 Å². The monoisotopic (exact) mass is 270 g/mol. The van der Waals surface area contributed by atoms with E-state index >= 15 is 0 Å². The Balaban J connectivity index is 1.70. The second kappa shape index (κ2) is 5.05. The molecule has 1 aromatic heterocycles. The molecule has 3 rings (SSSR count). The van der Waals surface area contributed by atoms with Gasteiger partial charge in [-0.3, -0.25) is 4.79 Å². The van der Waals surface area contributed by atoms with Crippen LogP contribution < -0.4 is 5.56 Å². The minimum absolute atomic E-state index is 0.0845. The van der Waals surface area contributed by atoms with Gasteiger partial charge in [0.1, 0.15) is 0 Å². The van der Waals surface area contributed by atoms with Gasteiger partial charge in [0.05, 0.1) is 0 Å². The fourth-order valence-electron chi connectivity index (χ4n) is 2.23. The average molecular weight is 270 g/mol. The number of thioether (sulfide) groups is 1. The van der Waals surface area contributed by atoms with Crippen molar-refractivity contribution >= 4 is 17.8 Å². The van der Waals surface area contributed by atoms with Crippen LogP contribution in [0.2, 0.25) is 0 Å². The van der Waals surface area contributed by atoms with E-state index in [-0.39, 0.29) is 5.56 Å². The van der Waals surface area contributed by atoms with E-state index in [1.807, 2.05) is 6.92 Å². The first-order valence-electron chi connectivity index (χ1n) is 6.19. The van der Waals surface area contributed by atoms with Crippen LogP contribution in [0.15, 0.2) is 45.9 Å². The number of nitrogens with one attached hydrogen (secondary N) is 1. The first-order chi connectivity index (χ1) is 9.20. The zero-order valence-electron chi connectivity index (χ0n) is 10.6. The summed E-state index contributed by atoms with van der Waals surface area (Å²) in [5, 5.41) is 0.696. The van der Waals surface area contributed by atoms with Crippen LogP contribution in [0.5, 0.6) is 0 Å². The fraction of sp³-hybridized carbons (Fsp3) is 0.200. The summed E-state index contributed by atoms with van der Waals surface area (Å²) in [4.78, 5) is 18.4. The Bertz CT molecular complexity index is 703. The van der Waals surface area contributed by atoms with Crippen molar-refractivity contribution in [1.82, 2.24) is 9.97 Å². The minimum atomic E-state index is -0.0845. The summed E-state index contributed by atoms with van der Waals surface area (Å²) in [6.45, 7) is 1.84. The Kier molecular flexibility index (Phi) is 3.25. The summed E-state index contributed by atoms with van der Waals surface area (Å²) in [7, 11) is 0. The van der Waals surface area contributed by atoms with Crippen molar-refractivity contribution < 1.29 is 0 Å². The molecule has 0 saturated carbocycles. The summed E-state index contributed by atoms with van der Waals surface area (Å²) in [5.74, 6) is 0.862. The van der Waals surface area contributed by atoms with Crippen LogP contribution in [0.4, 0.5) is 0 Å². The molecule has 0 radical (unpaired) electrons. The van der Waals surface area contributed by atoms with Crippen molar-refractivity contribution in [2.24, 2.45) is 0 Å². The summed E-state index contributed by atoms with van der Waals surface area (Å²) in [6.07, 6.45) is 3.23. The molecule has 2 aromatic rings. The SMILES string of the molecule is Cc1cc(=O)[nH]c(SCC2=Cc3ccccc3C2)n1. The predicted octanol–water partition coefficient (Wildman–Crippen LogP) is 2.81. The number of H-pyrrole nitrogens is 1. The maximum Gasteiger partial charge on any atom is 0.251 e. The molecule has 0 aliphatic heterocycles. The maximum absolute atomic E-state index is 11.4. The van der Waals surface area contributed by atoms with Crippen molar-refractivity contribution in [2.75, 3.05) is 5.75 Å². The Labute approximate surface area is 115 Å². The van der Waals surface area contributed by atoms with Crippen molar-refractivity contribution in [2.45, 2.75) is 18.5 Å². The van der Waals surface area contributed by atoms with Gasteiger partial charge in [-0.25, -0.2) is 4.98 Å². The van der Waals surface area contributed by atoms with Crippen LogP contribution in [0, 0.1) is 6.92 Å². The molecule has 1 heterocycles. The number of hydrogen-bond acceptors (Lipinski definition) is 3. The summed E-state index contributed by atoms with van der Waals surface area (Å²) >= 11 is 1.58. The highest BCUT2D eigenvalue weighted by atomic mass is 32.2. The lowest BCUT2D eigenvalue weighted by Crippen LogP contribution is -2.08. The molecule has 0 spiro atoms. The first-order valence-corrected chi connectivity index (χ1v) is 7.17. The van der Waals surface area contributed by atoms with Gasteiger partial charge >= 0.3 is 0 Å². The Morgan fingerprint density at radius 3 is 3.00 bits per heavy atom. The number of benzene rings is 1. The number of aryl methyl sites for hydroxylation is 1. The van der Waals surface area contributed by atoms with E-state index in [4.69, 9.17) is 0 Å². The summed E-state index contributed by atoms with van der Waals surface area (Å²) in [6, 6.07) is 9.94. The molecule has 0 unspecified atom stereocenters. The molecule has 0 atom stereocenters. The van der Waals surface area contributed by atoms with Crippen LogP contribution in [-0.2, 0) is 6.42 Å². The van der Waals surface area contributed by atoms with Gasteiger partial charge in [0.25, 0.3) is 5.56 Å². The molecular weight excluding hydrogens is 256 g/mol. The standard InChI is InChI=1S/C15H14N2OS/c1-10-6-14(18)17-15(16-10)19-9-11-7-12-4-2-3-5-13(12)8-11/h2-7H,8-9H2,1H3,(H,16,17,18). The number of nitrogens with zero attached hydrogens (tertiary/aromatic N) is 1. The van der Waals surface area contributed by atoms with Gasteiger partial charge in [-0.15, -0.1) is 0 Å². The highest BCUT2D eigenvalue weighted by Gasteiger charge is 2.12. The largest absolute Gasteiger partial charge is 0.301 e. The normalized spacial score (nSPS) is 13.2. The lowest BCUT2D eigenvalue weighted by molar-refractivity contribution is 0.906. The number of hydrogen-bond donors (Lipinski definition) is 1.